The highest BCUT2D eigenvalue weighted by atomic mass is 16.5. The van der Waals surface area contributed by atoms with E-state index in [-0.39, 0.29) is 0 Å². The van der Waals surface area contributed by atoms with Crippen molar-refractivity contribution in [3.63, 3.8) is 0 Å². The molecule has 41 heavy (non-hydrogen) atoms. The third-order valence-corrected chi connectivity index (χ3v) is 8.11. The topological polar surface area (TPSA) is 18.5 Å². The quantitative estimate of drug-likeness (QED) is 0.213. The maximum Gasteiger partial charge on any atom is 0.130 e. The largest absolute Gasteiger partial charge is 0.457 e. The Morgan fingerprint density at radius 3 is 1.22 bits per heavy atom. The number of rotatable bonds is 6. The van der Waals surface area contributed by atoms with E-state index in [0.717, 1.165) is 34.1 Å². The zero-order valence-corrected chi connectivity index (χ0v) is 23.2. The van der Waals surface area contributed by atoms with Crippen molar-refractivity contribution in [1.82, 2.24) is 0 Å². The smallest absolute Gasteiger partial charge is 0.130 e. The summed E-state index contributed by atoms with van der Waals surface area (Å²) in [6.07, 6.45) is 0. The lowest BCUT2D eigenvalue weighted by Gasteiger charge is -2.34. The van der Waals surface area contributed by atoms with Crippen LogP contribution in [0.3, 0.4) is 0 Å². The molecular weight excluding hydrogens is 500 g/mol. The molecule has 6 aromatic rings. The molecule has 0 fully saturated rings. The minimum Gasteiger partial charge on any atom is -0.457 e. The third-order valence-electron chi connectivity index (χ3n) is 8.11. The van der Waals surface area contributed by atoms with Gasteiger partial charge in [0.15, 0.2) is 0 Å². The summed E-state index contributed by atoms with van der Waals surface area (Å²) in [5.41, 5.74) is 9.23. The van der Waals surface area contributed by atoms with E-state index in [0.29, 0.717) is 0 Å². The normalized spacial score (nSPS) is 12.8. The Hall–Kier alpha value is -5.08. The Kier molecular flexibility index (Phi) is 6.17. The van der Waals surface area contributed by atoms with Gasteiger partial charge in [-0.15, -0.1) is 0 Å². The second kappa shape index (κ2) is 10.1. The molecule has 0 radical (unpaired) electrons. The minimum absolute atomic E-state index is 0.487. The fourth-order valence-corrected chi connectivity index (χ4v) is 6.25. The van der Waals surface area contributed by atoms with E-state index in [1.165, 1.54) is 33.4 Å². The van der Waals surface area contributed by atoms with Crippen molar-refractivity contribution in [3.05, 3.63) is 179 Å². The summed E-state index contributed by atoms with van der Waals surface area (Å²) in [6, 6.07) is 50.8. The molecule has 0 amide bonds. The average Bonchev–Trinajstić information content (AvgIpc) is 3.32. The Morgan fingerprint density at radius 2 is 0.805 bits per heavy atom. The molecule has 0 aliphatic heterocycles. The fourth-order valence-electron chi connectivity index (χ4n) is 6.25. The first kappa shape index (κ1) is 24.9. The highest BCUT2D eigenvalue weighted by Crippen LogP contribution is 2.56. The first-order chi connectivity index (χ1) is 20.1. The van der Waals surface area contributed by atoms with Crippen LogP contribution < -0.4 is 9.47 Å². The van der Waals surface area contributed by atoms with Crippen molar-refractivity contribution in [3.8, 4) is 34.1 Å². The van der Waals surface area contributed by atoms with Crippen molar-refractivity contribution in [2.75, 3.05) is 0 Å². The van der Waals surface area contributed by atoms with E-state index < -0.39 is 5.41 Å². The lowest BCUT2D eigenvalue weighted by atomic mass is 9.67. The number of aryl methyl sites for hydroxylation is 2. The molecule has 2 nitrogen and oxygen atoms in total. The summed E-state index contributed by atoms with van der Waals surface area (Å²) in [5.74, 6) is 3.38. The summed E-state index contributed by atoms with van der Waals surface area (Å²) in [7, 11) is 0. The zero-order chi connectivity index (χ0) is 27.8. The lowest BCUT2D eigenvalue weighted by molar-refractivity contribution is 0.478. The van der Waals surface area contributed by atoms with Crippen LogP contribution in [0.15, 0.2) is 146 Å². The molecule has 1 aliphatic rings. The van der Waals surface area contributed by atoms with Crippen LogP contribution in [0.4, 0.5) is 0 Å². The Labute approximate surface area is 241 Å². The van der Waals surface area contributed by atoms with E-state index in [2.05, 4.69) is 98.8 Å². The molecule has 0 unspecified atom stereocenters. The standard InChI is InChI=1S/C39H30O2/c1-27-25-29(21-23-37(27)40-31-13-5-3-6-14-31)39(35-19-11-9-17-33(35)34-18-10-12-20-36(34)39)30-22-24-38(28(2)26-30)41-32-15-7-4-8-16-32/h3-26H,1-2H3. The van der Waals surface area contributed by atoms with E-state index in [1.54, 1.807) is 0 Å². The summed E-state index contributed by atoms with van der Waals surface area (Å²) in [5, 5.41) is 0. The monoisotopic (exact) mass is 530 g/mol. The predicted octanol–water partition coefficient (Wildman–Crippen LogP) is 10.3. The molecule has 0 N–H and O–H groups in total. The van der Waals surface area contributed by atoms with Gasteiger partial charge in [0, 0.05) is 0 Å². The molecule has 0 atom stereocenters. The van der Waals surface area contributed by atoms with E-state index in [4.69, 9.17) is 9.47 Å². The van der Waals surface area contributed by atoms with Crippen LogP contribution in [-0.2, 0) is 5.41 Å². The molecular formula is C39H30O2. The summed E-state index contributed by atoms with van der Waals surface area (Å²) < 4.78 is 12.6. The summed E-state index contributed by atoms with van der Waals surface area (Å²) in [6.45, 7) is 4.26. The molecule has 0 bridgehead atoms. The van der Waals surface area contributed by atoms with Gasteiger partial charge in [0.2, 0.25) is 0 Å². The number of para-hydroxylation sites is 2. The van der Waals surface area contributed by atoms with Crippen molar-refractivity contribution in [1.29, 1.82) is 0 Å². The molecule has 0 saturated heterocycles. The van der Waals surface area contributed by atoms with E-state index in [9.17, 15) is 0 Å². The molecule has 0 saturated carbocycles. The summed E-state index contributed by atoms with van der Waals surface area (Å²) >= 11 is 0. The van der Waals surface area contributed by atoms with Gasteiger partial charge in [-0.1, -0.05) is 109 Å². The van der Waals surface area contributed by atoms with Gasteiger partial charge < -0.3 is 9.47 Å². The zero-order valence-electron chi connectivity index (χ0n) is 23.2. The second-order valence-corrected chi connectivity index (χ2v) is 10.6. The van der Waals surface area contributed by atoms with Gasteiger partial charge in [0.05, 0.1) is 5.41 Å². The van der Waals surface area contributed by atoms with Gasteiger partial charge in [-0.25, -0.2) is 0 Å². The molecule has 0 heterocycles. The van der Waals surface area contributed by atoms with Crippen molar-refractivity contribution in [2.24, 2.45) is 0 Å². The molecule has 1 aliphatic carbocycles. The predicted molar refractivity (Wildman–Crippen MR) is 166 cm³/mol. The Morgan fingerprint density at radius 1 is 0.415 bits per heavy atom. The van der Waals surface area contributed by atoms with Crippen LogP contribution in [0.25, 0.3) is 11.1 Å². The van der Waals surface area contributed by atoms with Gasteiger partial charge in [-0.2, -0.15) is 0 Å². The molecule has 2 heteroatoms. The maximum absolute atomic E-state index is 6.28. The van der Waals surface area contributed by atoms with E-state index in [1.807, 2.05) is 60.7 Å². The molecule has 6 aromatic carbocycles. The van der Waals surface area contributed by atoms with Crippen LogP contribution in [0, 0.1) is 13.8 Å². The van der Waals surface area contributed by atoms with E-state index >= 15 is 0 Å². The van der Waals surface area contributed by atoms with Crippen LogP contribution in [0.1, 0.15) is 33.4 Å². The first-order valence-electron chi connectivity index (χ1n) is 14.0. The lowest BCUT2D eigenvalue weighted by Crippen LogP contribution is -2.28. The number of ether oxygens (including phenoxy) is 2. The van der Waals surface area contributed by atoms with Crippen molar-refractivity contribution < 1.29 is 9.47 Å². The number of hydrogen-bond donors (Lipinski definition) is 0. The molecule has 198 valence electrons. The van der Waals surface area contributed by atoms with Gasteiger partial charge in [-0.05, 0) is 94.8 Å². The highest BCUT2D eigenvalue weighted by Gasteiger charge is 2.46. The maximum atomic E-state index is 6.28. The Bertz CT molecular complexity index is 1720. The fraction of sp³-hybridized carbons (Fsp3) is 0.0769. The van der Waals surface area contributed by atoms with Crippen LogP contribution >= 0.6 is 0 Å². The van der Waals surface area contributed by atoms with Crippen molar-refractivity contribution >= 4 is 0 Å². The average molecular weight is 531 g/mol. The minimum atomic E-state index is -0.487. The first-order valence-corrected chi connectivity index (χ1v) is 14.0. The molecule has 0 spiro atoms. The van der Waals surface area contributed by atoms with Gasteiger partial charge in [0.1, 0.15) is 23.0 Å². The van der Waals surface area contributed by atoms with Crippen LogP contribution in [-0.4, -0.2) is 0 Å². The Balaban J connectivity index is 1.42. The summed E-state index contributed by atoms with van der Waals surface area (Å²) in [4.78, 5) is 0. The molecule has 7 rings (SSSR count). The van der Waals surface area contributed by atoms with Crippen molar-refractivity contribution in [2.45, 2.75) is 19.3 Å². The number of fused-ring (bicyclic) bond motifs is 3. The molecule has 0 aromatic heterocycles. The number of hydrogen-bond acceptors (Lipinski definition) is 2. The van der Waals surface area contributed by atoms with Crippen LogP contribution in [0.5, 0.6) is 23.0 Å². The third kappa shape index (κ3) is 4.20. The number of benzene rings is 6. The second-order valence-electron chi connectivity index (χ2n) is 10.6. The van der Waals surface area contributed by atoms with Gasteiger partial charge in [0.25, 0.3) is 0 Å². The van der Waals surface area contributed by atoms with Gasteiger partial charge in [-0.3, -0.25) is 0 Å². The highest BCUT2D eigenvalue weighted by molar-refractivity contribution is 5.86. The van der Waals surface area contributed by atoms with Crippen LogP contribution in [0.2, 0.25) is 0 Å². The van der Waals surface area contributed by atoms with Gasteiger partial charge >= 0.3 is 0 Å². The SMILES string of the molecule is Cc1cc(C2(c3ccc(Oc4ccccc4)c(C)c3)c3ccccc3-c3ccccc32)ccc1Oc1ccccc1.